The van der Waals surface area contributed by atoms with Crippen LogP contribution in [0.25, 0.3) is 10.6 Å². The molecule has 7 nitrogen and oxygen atoms in total. The number of primary amides is 1. The van der Waals surface area contributed by atoms with Crippen molar-refractivity contribution in [2.45, 2.75) is 0 Å². The van der Waals surface area contributed by atoms with E-state index in [9.17, 15) is 9.59 Å². The molecule has 2 amide bonds. The molecular formula is C17H13Cl2N3O4S2. The van der Waals surface area contributed by atoms with Crippen molar-refractivity contribution in [3.05, 3.63) is 44.6 Å². The molecular weight excluding hydrogens is 445 g/mol. The Morgan fingerprint density at radius 2 is 2.07 bits per heavy atom. The van der Waals surface area contributed by atoms with E-state index in [2.05, 4.69) is 10.3 Å². The van der Waals surface area contributed by atoms with Crippen LogP contribution < -0.4 is 20.5 Å². The van der Waals surface area contributed by atoms with E-state index in [0.717, 1.165) is 10.6 Å². The molecule has 0 spiro atoms. The van der Waals surface area contributed by atoms with Crippen molar-refractivity contribution in [2.75, 3.05) is 19.0 Å². The highest BCUT2D eigenvalue weighted by atomic mass is 35.5. The lowest BCUT2D eigenvalue weighted by Gasteiger charge is -2.13. The van der Waals surface area contributed by atoms with Gasteiger partial charge in [0.1, 0.15) is 0 Å². The van der Waals surface area contributed by atoms with E-state index >= 15 is 0 Å². The van der Waals surface area contributed by atoms with Gasteiger partial charge in [-0.3, -0.25) is 14.9 Å². The van der Waals surface area contributed by atoms with Crippen LogP contribution in [0.5, 0.6) is 11.5 Å². The Morgan fingerprint density at radius 1 is 1.29 bits per heavy atom. The molecule has 0 unspecified atom stereocenters. The third-order valence-corrected chi connectivity index (χ3v) is 5.69. The second-order valence-corrected chi connectivity index (χ2v) is 8.32. The Morgan fingerprint density at radius 3 is 2.71 bits per heavy atom. The Kier molecular flexibility index (Phi) is 6.40. The van der Waals surface area contributed by atoms with E-state index in [1.165, 1.54) is 41.9 Å². The van der Waals surface area contributed by atoms with Crippen LogP contribution >= 0.6 is 45.9 Å². The van der Waals surface area contributed by atoms with Crippen LogP contribution in [0.3, 0.4) is 0 Å². The molecule has 11 heteroatoms. The molecule has 3 aromatic rings. The third-order valence-electron chi connectivity index (χ3n) is 3.40. The number of ether oxygens (including phenoxy) is 2. The third kappa shape index (κ3) is 4.74. The largest absolute Gasteiger partial charge is 0.493 e. The topological polar surface area (TPSA) is 104 Å². The molecule has 1 aromatic carbocycles. The molecule has 0 saturated carbocycles. The number of aromatic nitrogens is 1. The number of amides is 2. The number of carbonyl (C=O) groups is 2. The van der Waals surface area contributed by atoms with Gasteiger partial charge in [0.25, 0.3) is 11.8 Å². The van der Waals surface area contributed by atoms with Gasteiger partial charge in [0.2, 0.25) is 0 Å². The number of anilines is 1. The van der Waals surface area contributed by atoms with Crippen molar-refractivity contribution in [1.29, 1.82) is 0 Å². The SMILES string of the molecule is COc1cc(C(=O)Nc2nc(-c3ccc(Cl)s3)cs2)cc(Cl)c1OCC(N)=O. The highest BCUT2D eigenvalue weighted by molar-refractivity contribution is 7.20. The molecule has 0 saturated heterocycles. The fraction of sp³-hybridized carbons (Fsp3) is 0.118. The Hall–Kier alpha value is -2.33. The summed E-state index contributed by atoms with van der Waals surface area (Å²) in [6.07, 6.45) is 0. The number of carbonyl (C=O) groups excluding carboxylic acids is 2. The van der Waals surface area contributed by atoms with Crippen molar-refractivity contribution in [1.82, 2.24) is 4.98 Å². The van der Waals surface area contributed by atoms with Crippen LogP contribution in [-0.4, -0.2) is 30.5 Å². The van der Waals surface area contributed by atoms with Gasteiger partial charge < -0.3 is 15.2 Å². The van der Waals surface area contributed by atoms with Gasteiger partial charge in [0, 0.05) is 10.9 Å². The van der Waals surface area contributed by atoms with Crippen molar-refractivity contribution in [3.8, 4) is 22.1 Å². The lowest BCUT2D eigenvalue weighted by molar-refractivity contribution is -0.119. The van der Waals surface area contributed by atoms with Crippen LogP contribution in [-0.2, 0) is 4.79 Å². The highest BCUT2D eigenvalue weighted by Crippen LogP contribution is 2.37. The van der Waals surface area contributed by atoms with Gasteiger partial charge in [-0.1, -0.05) is 23.2 Å². The standard InChI is InChI=1S/C17H13Cl2N3O4S2/c1-25-11-5-8(4-9(18)15(11)26-6-14(20)23)16(24)22-17-21-10(7-27-17)12-2-3-13(19)28-12/h2-5,7H,6H2,1H3,(H2,20,23)(H,21,22,24). The average molecular weight is 458 g/mol. The second-order valence-electron chi connectivity index (χ2n) is 5.34. The zero-order chi connectivity index (χ0) is 20.3. The number of hydrogen-bond acceptors (Lipinski definition) is 7. The Bertz CT molecular complexity index is 1040. The summed E-state index contributed by atoms with van der Waals surface area (Å²) in [5.41, 5.74) is 6.03. The van der Waals surface area contributed by atoms with E-state index in [4.69, 9.17) is 38.4 Å². The molecule has 0 aliphatic carbocycles. The average Bonchev–Trinajstić information content (AvgIpc) is 3.28. The number of thiazole rings is 1. The number of methoxy groups -OCH3 is 1. The van der Waals surface area contributed by atoms with Crippen molar-refractivity contribution >= 4 is 62.8 Å². The summed E-state index contributed by atoms with van der Waals surface area (Å²) in [5.74, 6) is -0.754. The minimum atomic E-state index is -0.661. The number of nitrogens with two attached hydrogens (primary N) is 1. The van der Waals surface area contributed by atoms with Gasteiger partial charge >= 0.3 is 0 Å². The van der Waals surface area contributed by atoms with Gasteiger partial charge in [0.15, 0.2) is 23.2 Å². The predicted molar refractivity (Wildman–Crippen MR) is 111 cm³/mol. The zero-order valence-corrected chi connectivity index (χ0v) is 17.5. The lowest BCUT2D eigenvalue weighted by atomic mass is 10.2. The number of halogens is 2. The summed E-state index contributed by atoms with van der Waals surface area (Å²) >= 11 is 14.8. The first-order valence-electron chi connectivity index (χ1n) is 7.68. The molecule has 2 heterocycles. The smallest absolute Gasteiger partial charge is 0.257 e. The van der Waals surface area contributed by atoms with Crippen molar-refractivity contribution in [2.24, 2.45) is 5.73 Å². The Balaban J connectivity index is 1.78. The molecule has 0 aliphatic rings. The molecule has 3 rings (SSSR count). The van der Waals surface area contributed by atoms with E-state index < -0.39 is 11.8 Å². The molecule has 146 valence electrons. The van der Waals surface area contributed by atoms with Crippen LogP contribution in [0.15, 0.2) is 29.6 Å². The van der Waals surface area contributed by atoms with Gasteiger partial charge in [-0.15, -0.1) is 22.7 Å². The fourth-order valence-electron chi connectivity index (χ4n) is 2.20. The summed E-state index contributed by atoms with van der Waals surface area (Å²) in [5, 5.41) is 5.07. The monoisotopic (exact) mass is 457 g/mol. The summed E-state index contributed by atoms with van der Waals surface area (Å²) < 4.78 is 11.1. The Labute approximate surface area is 178 Å². The van der Waals surface area contributed by atoms with Crippen LogP contribution in [0.1, 0.15) is 10.4 Å². The maximum absolute atomic E-state index is 12.6. The quantitative estimate of drug-likeness (QED) is 0.550. The summed E-state index contributed by atoms with van der Waals surface area (Å²) in [4.78, 5) is 28.8. The maximum atomic E-state index is 12.6. The van der Waals surface area contributed by atoms with Crippen LogP contribution in [0, 0.1) is 0 Å². The lowest BCUT2D eigenvalue weighted by Crippen LogP contribution is -2.20. The highest BCUT2D eigenvalue weighted by Gasteiger charge is 2.18. The number of nitrogens with one attached hydrogen (secondary N) is 1. The predicted octanol–water partition coefficient (Wildman–Crippen LogP) is 4.30. The van der Waals surface area contributed by atoms with Crippen molar-refractivity contribution in [3.63, 3.8) is 0 Å². The van der Waals surface area contributed by atoms with Gasteiger partial charge in [-0.2, -0.15) is 0 Å². The van der Waals surface area contributed by atoms with Gasteiger partial charge in [0.05, 0.1) is 27.0 Å². The summed E-state index contributed by atoms with van der Waals surface area (Å²) in [6.45, 7) is -0.365. The normalized spacial score (nSPS) is 10.5. The minimum absolute atomic E-state index is 0.110. The summed E-state index contributed by atoms with van der Waals surface area (Å²) in [7, 11) is 1.39. The first-order chi connectivity index (χ1) is 13.4. The molecule has 28 heavy (non-hydrogen) atoms. The molecule has 2 aromatic heterocycles. The maximum Gasteiger partial charge on any atom is 0.257 e. The number of nitrogens with zero attached hydrogens (tertiary/aromatic N) is 1. The number of hydrogen-bond donors (Lipinski definition) is 2. The van der Waals surface area contributed by atoms with E-state index in [-0.39, 0.29) is 28.7 Å². The first kappa shape index (κ1) is 20.4. The fourth-order valence-corrected chi connectivity index (χ4v) is 4.25. The number of thiophene rings is 1. The summed E-state index contributed by atoms with van der Waals surface area (Å²) in [6, 6.07) is 6.51. The van der Waals surface area contributed by atoms with Crippen LogP contribution in [0.4, 0.5) is 5.13 Å². The molecule has 0 fully saturated rings. The molecule has 0 aliphatic heterocycles. The zero-order valence-electron chi connectivity index (χ0n) is 14.3. The molecule has 0 radical (unpaired) electrons. The van der Waals surface area contributed by atoms with E-state index in [0.29, 0.717) is 9.47 Å². The second kappa shape index (κ2) is 8.78. The number of benzene rings is 1. The number of rotatable bonds is 7. The molecule has 0 atom stereocenters. The van der Waals surface area contributed by atoms with Gasteiger partial charge in [-0.25, -0.2) is 4.98 Å². The first-order valence-corrected chi connectivity index (χ1v) is 10.1. The van der Waals surface area contributed by atoms with E-state index in [1.54, 1.807) is 6.07 Å². The van der Waals surface area contributed by atoms with Crippen LogP contribution in [0.2, 0.25) is 9.36 Å². The van der Waals surface area contributed by atoms with Crippen molar-refractivity contribution < 1.29 is 19.1 Å². The molecule has 0 bridgehead atoms. The van der Waals surface area contributed by atoms with E-state index in [1.807, 2.05) is 11.4 Å². The van der Waals surface area contributed by atoms with Gasteiger partial charge in [-0.05, 0) is 24.3 Å². The molecule has 3 N–H and O–H groups in total. The minimum Gasteiger partial charge on any atom is -0.493 e.